The van der Waals surface area contributed by atoms with Crippen LogP contribution in [-0.4, -0.2) is 42.1 Å². The Kier molecular flexibility index (Phi) is 4.56. The predicted molar refractivity (Wildman–Crippen MR) is 77.4 cm³/mol. The molecule has 0 spiro atoms. The number of aromatic nitrogens is 5. The molecule has 0 radical (unpaired) electrons. The number of imidazole rings is 1. The van der Waals surface area contributed by atoms with Crippen LogP contribution in [0.3, 0.4) is 0 Å². The number of nitrogens with zero attached hydrogens (tertiary/aromatic N) is 5. The molecule has 0 aromatic carbocycles. The maximum atomic E-state index is 5.70. The normalized spacial score (nSPS) is 12.3. The largest absolute Gasteiger partial charge is 0.368 e. The number of hydrogen-bond donors (Lipinski definition) is 2. The van der Waals surface area contributed by atoms with Gasteiger partial charge in [0.25, 0.3) is 0 Å². The van der Waals surface area contributed by atoms with E-state index in [4.69, 9.17) is 5.73 Å². The highest BCUT2D eigenvalue weighted by Gasteiger charge is 2.08. The molecule has 2 aromatic rings. The summed E-state index contributed by atoms with van der Waals surface area (Å²) in [5.74, 6) is 3.22. The van der Waals surface area contributed by atoms with Gasteiger partial charge >= 0.3 is 0 Å². The Bertz CT molecular complexity index is 514. The highest BCUT2D eigenvalue weighted by molar-refractivity contribution is 7.99. The maximum Gasteiger partial charge on any atom is 0.241 e. The highest BCUT2D eigenvalue weighted by atomic mass is 32.2. The van der Waals surface area contributed by atoms with E-state index in [1.165, 1.54) is 0 Å². The van der Waals surface area contributed by atoms with Crippen molar-refractivity contribution in [1.82, 2.24) is 24.5 Å². The molecule has 0 aliphatic rings. The minimum absolute atomic E-state index is 0.191. The second-order valence-electron chi connectivity index (χ2n) is 3.99. The molecule has 2 heterocycles. The van der Waals surface area contributed by atoms with E-state index in [-0.39, 0.29) is 12.0 Å². The third-order valence-electron chi connectivity index (χ3n) is 2.32. The molecular formula is C11H17N7S. The van der Waals surface area contributed by atoms with Gasteiger partial charge < -0.3 is 11.1 Å². The van der Waals surface area contributed by atoms with Crippen molar-refractivity contribution in [1.29, 1.82) is 0 Å². The smallest absolute Gasteiger partial charge is 0.241 e. The van der Waals surface area contributed by atoms with E-state index < -0.39 is 0 Å². The summed E-state index contributed by atoms with van der Waals surface area (Å²) >= 11 is 1.86. The maximum absolute atomic E-state index is 5.70. The van der Waals surface area contributed by atoms with E-state index in [1.807, 2.05) is 11.8 Å². The summed E-state index contributed by atoms with van der Waals surface area (Å²) < 4.78 is 1.69. The minimum atomic E-state index is 0.191. The predicted octanol–water partition coefficient (Wildman–Crippen LogP) is 1.19. The van der Waals surface area contributed by atoms with Crippen LogP contribution in [0.1, 0.15) is 13.8 Å². The average molecular weight is 279 g/mol. The Morgan fingerprint density at radius 2 is 2.26 bits per heavy atom. The lowest BCUT2D eigenvalue weighted by Crippen LogP contribution is -2.21. The van der Waals surface area contributed by atoms with Crippen molar-refractivity contribution in [2.45, 2.75) is 19.9 Å². The fourth-order valence-corrected chi connectivity index (χ4v) is 2.17. The van der Waals surface area contributed by atoms with Crippen LogP contribution in [-0.2, 0) is 0 Å². The molecule has 0 bridgehead atoms. The van der Waals surface area contributed by atoms with Crippen molar-refractivity contribution >= 4 is 23.7 Å². The second-order valence-corrected chi connectivity index (χ2v) is 5.31. The Morgan fingerprint density at radius 3 is 2.95 bits per heavy atom. The van der Waals surface area contributed by atoms with Crippen LogP contribution in [0.4, 0.5) is 11.9 Å². The lowest BCUT2D eigenvalue weighted by Gasteiger charge is -2.13. The molecule has 0 amide bonds. The molecule has 19 heavy (non-hydrogen) atoms. The van der Waals surface area contributed by atoms with Gasteiger partial charge in [-0.3, -0.25) is 4.57 Å². The Morgan fingerprint density at radius 1 is 1.42 bits per heavy atom. The summed E-state index contributed by atoms with van der Waals surface area (Å²) in [5.41, 5.74) is 5.70. The molecule has 7 nitrogen and oxygen atoms in total. The van der Waals surface area contributed by atoms with Gasteiger partial charge in [0.1, 0.15) is 6.33 Å². The molecule has 0 fully saturated rings. The van der Waals surface area contributed by atoms with Crippen LogP contribution in [0.2, 0.25) is 0 Å². The van der Waals surface area contributed by atoms with Crippen molar-refractivity contribution in [2.24, 2.45) is 0 Å². The molecule has 2 rings (SSSR count). The molecule has 0 aliphatic heterocycles. The zero-order valence-corrected chi connectivity index (χ0v) is 11.8. The fourth-order valence-electron chi connectivity index (χ4n) is 1.49. The van der Waals surface area contributed by atoms with Crippen molar-refractivity contribution in [3.05, 3.63) is 18.7 Å². The first-order valence-corrected chi connectivity index (χ1v) is 7.18. The van der Waals surface area contributed by atoms with Gasteiger partial charge in [0.05, 0.1) is 0 Å². The molecule has 8 heteroatoms. The van der Waals surface area contributed by atoms with Crippen LogP contribution < -0.4 is 11.1 Å². The van der Waals surface area contributed by atoms with Crippen molar-refractivity contribution < 1.29 is 0 Å². The summed E-state index contributed by atoms with van der Waals surface area (Å²) in [6.07, 6.45) is 5.04. The van der Waals surface area contributed by atoms with E-state index in [2.05, 4.69) is 39.1 Å². The monoisotopic (exact) mass is 279 g/mol. The van der Waals surface area contributed by atoms with Crippen LogP contribution in [0, 0.1) is 0 Å². The van der Waals surface area contributed by atoms with Gasteiger partial charge in [-0.25, -0.2) is 4.98 Å². The minimum Gasteiger partial charge on any atom is -0.368 e. The van der Waals surface area contributed by atoms with Gasteiger partial charge in [-0.1, -0.05) is 6.92 Å². The van der Waals surface area contributed by atoms with Gasteiger partial charge in [0, 0.05) is 24.2 Å². The van der Waals surface area contributed by atoms with E-state index >= 15 is 0 Å². The summed E-state index contributed by atoms with van der Waals surface area (Å²) in [4.78, 5) is 16.5. The molecule has 0 saturated carbocycles. The van der Waals surface area contributed by atoms with Gasteiger partial charge in [-0.05, 0) is 12.7 Å². The first-order valence-electron chi connectivity index (χ1n) is 6.03. The molecular weight excluding hydrogens is 262 g/mol. The molecule has 2 aromatic heterocycles. The topological polar surface area (TPSA) is 94.5 Å². The number of nitrogen functional groups attached to an aromatic ring is 1. The zero-order valence-electron chi connectivity index (χ0n) is 10.9. The molecule has 102 valence electrons. The third kappa shape index (κ3) is 3.82. The average Bonchev–Trinajstić information content (AvgIpc) is 2.89. The first kappa shape index (κ1) is 13.6. The lowest BCUT2D eigenvalue weighted by atomic mass is 10.4. The van der Waals surface area contributed by atoms with Crippen LogP contribution in [0.5, 0.6) is 0 Å². The quantitative estimate of drug-likeness (QED) is 0.820. The van der Waals surface area contributed by atoms with Crippen molar-refractivity contribution in [3.63, 3.8) is 0 Å². The summed E-state index contributed by atoms with van der Waals surface area (Å²) in [6, 6.07) is 0.266. The van der Waals surface area contributed by atoms with Crippen LogP contribution in [0.25, 0.3) is 5.95 Å². The van der Waals surface area contributed by atoms with Gasteiger partial charge in [-0.2, -0.15) is 26.7 Å². The summed E-state index contributed by atoms with van der Waals surface area (Å²) in [5, 5.41) is 3.22. The highest BCUT2D eigenvalue weighted by Crippen LogP contribution is 2.10. The Labute approximate surface area is 116 Å². The van der Waals surface area contributed by atoms with Gasteiger partial charge in [-0.15, -0.1) is 0 Å². The molecule has 0 saturated heterocycles. The number of nitrogens with one attached hydrogen (secondary N) is 1. The van der Waals surface area contributed by atoms with E-state index in [0.29, 0.717) is 11.9 Å². The fraction of sp³-hybridized carbons (Fsp3) is 0.455. The molecule has 0 aliphatic carbocycles. The Hall–Kier alpha value is -1.83. The molecule has 1 unspecified atom stereocenters. The number of thioether (sulfide) groups is 1. The van der Waals surface area contributed by atoms with Crippen molar-refractivity contribution in [2.75, 3.05) is 22.6 Å². The number of nitrogens with two attached hydrogens (primary N) is 1. The van der Waals surface area contributed by atoms with Gasteiger partial charge in [0.2, 0.25) is 17.8 Å². The van der Waals surface area contributed by atoms with Crippen LogP contribution >= 0.6 is 11.8 Å². The Balaban J connectivity index is 2.13. The summed E-state index contributed by atoms with van der Waals surface area (Å²) in [7, 11) is 0. The number of rotatable bonds is 6. The first-order chi connectivity index (χ1) is 9.19. The zero-order chi connectivity index (χ0) is 13.7. The van der Waals surface area contributed by atoms with E-state index in [9.17, 15) is 0 Å². The second kappa shape index (κ2) is 6.37. The van der Waals surface area contributed by atoms with E-state index in [0.717, 1.165) is 11.5 Å². The molecule has 1 atom stereocenters. The van der Waals surface area contributed by atoms with E-state index in [1.54, 1.807) is 23.3 Å². The van der Waals surface area contributed by atoms with Crippen LogP contribution in [0.15, 0.2) is 18.7 Å². The third-order valence-corrected chi connectivity index (χ3v) is 3.47. The summed E-state index contributed by atoms with van der Waals surface area (Å²) in [6.45, 7) is 4.22. The number of anilines is 2. The standard InChI is InChI=1S/C11H17N7S/c1-3-19-6-8(2)14-10-15-9(12)16-11(17-10)18-5-4-13-7-18/h4-5,7-8H,3,6H2,1-2H3,(H3,12,14,15,16,17). The molecule has 3 N–H and O–H groups in total. The SMILES string of the molecule is CCSCC(C)Nc1nc(N)nc(-n2ccnc2)n1. The van der Waals surface area contributed by atoms with Gasteiger partial charge in [0.15, 0.2) is 0 Å². The van der Waals surface area contributed by atoms with Crippen molar-refractivity contribution in [3.8, 4) is 5.95 Å². The lowest BCUT2D eigenvalue weighted by molar-refractivity contribution is 0.853. The number of hydrogen-bond acceptors (Lipinski definition) is 7.